The molecule has 0 aliphatic rings. The third kappa shape index (κ3) is 5.75. The summed E-state index contributed by atoms with van der Waals surface area (Å²) in [6, 6.07) is 0. The normalized spacial score (nSPS) is 13.5. The molecule has 0 fully saturated rings. The quantitative estimate of drug-likeness (QED) is 0.475. The van der Waals surface area contributed by atoms with Gasteiger partial charge in [-0.3, -0.25) is 0 Å². The maximum atomic E-state index is 5.45. The lowest BCUT2D eigenvalue weighted by atomic mass is 10.1. The fraction of sp³-hybridized carbons (Fsp3) is 1.00. The highest BCUT2D eigenvalue weighted by Gasteiger charge is 2.21. The molecule has 14 heavy (non-hydrogen) atoms. The van der Waals surface area contributed by atoms with Crippen LogP contribution in [0.4, 0.5) is 0 Å². The Labute approximate surface area is 89.8 Å². The standard InChI is InChI=1S/C10H25NO2Si/c1-4-10(14(12-2)13-3)8-6-5-7-9-11/h10,14H,4-9,11H2,1-3H3. The summed E-state index contributed by atoms with van der Waals surface area (Å²) < 4.78 is 10.8. The average molecular weight is 219 g/mol. The molecule has 0 aliphatic heterocycles. The maximum absolute atomic E-state index is 5.45. The first-order valence-electron chi connectivity index (χ1n) is 5.55. The van der Waals surface area contributed by atoms with E-state index in [0.29, 0.717) is 5.54 Å². The van der Waals surface area contributed by atoms with Gasteiger partial charge in [0, 0.05) is 14.2 Å². The second-order valence-corrected chi connectivity index (χ2v) is 6.27. The molecule has 0 rings (SSSR count). The third-order valence-electron chi connectivity index (χ3n) is 2.65. The Morgan fingerprint density at radius 2 is 1.79 bits per heavy atom. The highest BCUT2D eigenvalue weighted by Crippen LogP contribution is 2.23. The molecule has 0 saturated heterocycles. The van der Waals surface area contributed by atoms with Crippen molar-refractivity contribution in [3.8, 4) is 0 Å². The van der Waals surface area contributed by atoms with E-state index in [1.165, 1.54) is 25.7 Å². The van der Waals surface area contributed by atoms with Crippen molar-refractivity contribution in [3.63, 3.8) is 0 Å². The molecule has 0 saturated carbocycles. The number of unbranched alkanes of at least 4 members (excludes halogenated alkanes) is 2. The molecule has 0 radical (unpaired) electrons. The monoisotopic (exact) mass is 219 g/mol. The van der Waals surface area contributed by atoms with E-state index in [2.05, 4.69) is 6.92 Å². The highest BCUT2D eigenvalue weighted by molar-refractivity contribution is 6.46. The topological polar surface area (TPSA) is 44.5 Å². The first-order valence-corrected chi connectivity index (χ1v) is 7.16. The van der Waals surface area contributed by atoms with Gasteiger partial charge in [0.15, 0.2) is 0 Å². The Kier molecular flexibility index (Phi) is 9.71. The van der Waals surface area contributed by atoms with Gasteiger partial charge in [-0.15, -0.1) is 0 Å². The molecule has 0 bridgehead atoms. The Morgan fingerprint density at radius 1 is 1.14 bits per heavy atom. The number of hydrogen-bond donors (Lipinski definition) is 1. The highest BCUT2D eigenvalue weighted by atomic mass is 28.3. The van der Waals surface area contributed by atoms with Crippen LogP contribution in [0.2, 0.25) is 5.54 Å². The van der Waals surface area contributed by atoms with Gasteiger partial charge in [-0.25, -0.2) is 0 Å². The van der Waals surface area contributed by atoms with Crippen LogP contribution in [-0.4, -0.2) is 30.0 Å². The van der Waals surface area contributed by atoms with Crippen molar-refractivity contribution in [1.29, 1.82) is 0 Å². The van der Waals surface area contributed by atoms with E-state index in [1.807, 2.05) is 0 Å². The van der Waals surface area contributed by atoms with E-state index in [9.17, 15) is 0 Å². The first-order chi connectivity index (χ1) is 6.79. The van der Waals surface area contributed by atoms with Crippen LogP contribution in [0.3, 0.4) is 0 Å². The largest absolute Gasteiger partial charge is 0.400 e. The van der Waals surface area contributed by atoms with Crippen molar-refractivity contribution < 1.29 is 8.85 Å². The molecular weight excluding hydrogens is 194 g/mol. The zero-order valence-electron chi connectivity index (χ0n) is 9.79. The molecule has 0 amide bonds. The summed E-state index contributed by atoms with van der Waals surface area (Å²) >= 11 is 0. The van der Waals surface area contributed by atoms with Crippen LogP contribution < -0.4 is 5.73 Å². The van der Waals surface area contributed by atoms with Crippen LogP contribution in [0.25, 0.3) is 0 Å². The fourth-order valence-corrected chi connectivity index (χ4v) is 3.60. The third-order valence-corrected chi connectivity index (χ3v) is 5.16. The van der Waals surface area contributed by atoms with E-state index in [4.69, 9.17) is 14.6 Å². The van der Waals surface area contributed by atoms with E-state index >= 15 is 0 Å². The molecule has 0 heterocycles. The van der Waals surface area contributed by atoms with Crippen molar-refractivity contribution in [2.24, 2.45) is 5.73 Å². The predicted octanol–water partition coefficient (Wildman–Crippen LogP) is 1.80. The van der Waals surface area contributed by atoms with Crippen LogP contribution in [0.5, 0.6) is 0 Å². The Balaban J connectivity index is 3.65. The van der Waals surface area contributed by atoms with Gasteiger partial charge < -0.3 is 14.6 Å². The summed E-state index contributed by atoms with van der Waals surface area (Å²) in [4.78, 5) is 0. The zero-order chi connectivity index (χ0) is 10.8. The molecule has 86 valence electrons. The van der Waals surface area contributed by atoms with Gasteiger partial charge in [-0.05, 0) is 24.9 Å². The molecule has 3 nitrogen and oxygen atoms in total. The Hall–Kier alpha value is 0.0969. The Bertz CT molecular complexity index is 121. The molecular formula is C10H25NO2Si. The van der Waals surface area contributed by atoms with Crippen LogP contribution in [-0.2, 0) is 8.85 Å². The number of nitrogens with two attached hydrogens (primary N) is 1. The summed E-state index contributed by atoms with van der Waals surface area (Å²) in [7, 11) is 2.14. The summed E-state index contributed by atoms with van der Waals surface area (Å²) in [6.45, 7) is 3.03. The van der Waals surface area contributed by atoms with Gasteiger partial charge in [0.2, 0.25) is 0 Å². The fourth-order valence-electron chi connectivity index (χ4n) is 1.74. The predicted molar refractivity (Wildman–Crippen MR) is 62.7 cm³/mol. The lowest BCUT2D eigenvalue weighted by Crippen LogP contribution is -2.26. The van der Waals surface area contributed by atoms with Crippen molar-refractivity contribution in [2.75, 3.05) is 20.8 Å². The van der Waals surface area contributed by atoms with E-state index in [1.54, 1.807) is 14.2 Å². The molecule has 1 unspecified atom stereocenters. The first kappa shape index (κ1) is 14.1. The molecule has 4 heteroatoms. The van der Waals surface area contributed by atoms with Crippen LogP contribution in [0.1, 0.15) is 39.0 Å². The maximum Gasteiger partial charge on any atom is 0.324 e. The minimum Gasteiger partial charge on any atom is -0.400 e. The molecule has 0 aromatic carbocycles. The van der Waals surface area contributed by atoms with Gasteiger partial charge in [-0.1, -0.05) is 26.2 Å². The molecule has 0 aliphatic carbocycles. The van der Waals surface area contributed by atoms with Gasteiger partial charge in [0.25, 0.3) is 0 Å². The van der Waals surface area contributed by atoms with Crippen LogP contribution in [0.15, 0.2) is 0 Å². The van der Waals surface area contributed by atoms with Crippen molar-refractivity contribution in [2.45, 2.75) is 44.6 Å². The van der Waals surface area contributed by atoms with Gasteiger partial charge >= 0.3 is 9.28 Å². The molecule has 0 aromatic heterocycles. The van der Waals surface area contributed by atoms with Gasteiger partial charge in [0.05, 0.1) is 0 Å². The molecule has 0 aromatic rings. The minimum absolute atomic E-state index is 0.655. The minimum atomic E-state index is -1.39. The molecule has 2 N–H and O–H groups in total. The van der Waals surface area contributed by atoms with Crippen LogP contribution >= 0.6 is 0 Å². The van der Waals surface area contributed by atoms with Crippen molar-refractivity contribution in [1.82, 2.24) is 0 Å². The Morgan fingerprint density at radius 3 is 2.21 bits per heavy atom. The summed E-state index contributed by atoms with van der Waals surface area (Å²) in [5, 5.41) is 0. The summed E-state index contributed by atoms with van der Waals surface area (Å²) in [5.41, 5.74) is 6.10. The summed E-state index contributed by atoms with van der Waals surface area (Å²) in [6.07, 6.45) is 6.03. The number of rotatable bonds is 9. The lowest BCUT2D eigenvalue weighted by Gasteiger charge is -2.21. The van der Waals surface area contributed by atoms with Crippen LogP contribution in [0, 0.1) is 0 Å². The van der Waals surface area contributed by atoms with E-state index in [-0.39, 0.29) is 0 Å². The van der Waals surface area contributed by atoms with E-state index in [0.717, 1.165) is 13.0 Å². The molecule has 1 atom stereocenters. The average Bonchev–Trinajstić information content (AvgIpc) is 2.23. The van der Waals surface area contributed by atoms with Crippen molar-refractivity contribution in [3.05, 3.63) is 0 Å². The zero-order valence-corrected chi connectivity index (χ0v) is 10.9. The second kappa shape index (κ2) is 9.64. The van der Waals surface area contributed by atoms with Crippen molar-refractivity contribution >= 4 is 9.28 Å². The van der Waals surface area contributed by atoms with Gasteiger partial charge in [-0.2, -0.15) is 0 Å². The van der Waals surface area contributed by atoms with E-state index < -0.39 is 9.28 Å². The van der Waals surface area contributed by atoms with Gasteiger partial charge in [0.1, 0.15) is 0 Å². The SMILES string of the molecule is CCC(CCCCCN)[SiH](OC)OC. The smallest absolute Gasteiger partial charge is 0.324 e. The number of hydrogen-bond acceptors (Lipinski definition) is 3. The molecule has 0 spiro atoms. The second-order valence-electron chi connectivity index (χ2n) is 3.65. The lowest BCUT2D eigenvalue weighted by molar-refractivity contribution is 0.260. The summed E-state index contributed by atoms with van der Waals surface area (Å²) in [5.74, 6) is 0.